The van der Waals surface area contributed by atoms with E-state index >= 15 is 0 Å². The molecule has 10 nitrogen and oxygen atoms in total. The van der Waals surface area contributed by atoms with Crippen LogP contribution in [-0.2, 0) is 53.0 Å². The molecule has 0 saturated carbocycles. The van der Waals surface area contributed by atoms with Gasteiger partial charge in [-0.2, -0.15) is 0 Å². The number of carbonyl (C=O) groups excluding carboxylic acids is 1. The summed E-state index contributed by atoms with van der Waals surface area (Å²) in [5.74, 6) is -0.386. The molecule has 0 aliphatic heterocycles. The molecule has 0 heterocycles. The molecule has 0 aromatic heterocycles. The zero-order chi connectivity index (χ0) is 34.9. The lowest BCUT2D eigenvalue weighted by atomic mass is 9.80. The number of hydrogen-bond donors (Lipinski definition) is 0. The summed E-state index contributed by atoms with van der Waals surface area (Å²) < 4.78 is 50.5. The van der Waals surface area contributed by atoms with Crippen molar-refractivity contribution in [1.29, 1.82) is 0 Å². The van der Waals surface area contributed by atoms with Gasteiger partial charge < -0.3 is 42.6 Å². The Morgan fingerprint density at radius 3 is 1.02 bits per heavy atom. The third kappa shape index (κ3) is 16.4. The fourth-order valence-electron chi connectivity index (χ4n) is 4.87. The minimum atomic E-state index is -0.754. The zero-order valence-corrected chi connectivity index (χ0v) is 29.3. The Balaban J connectivity index is 1.15. The molecule has 0 N–H and O–H groups in total. The molecule has 0 unspecified atom stereocenters. The van der Waals surface area contributed by atoms with E-state index in [0.29, 0.717) is 92.5 Å². The van der Waals surface area contributed by atoms with Crippen molar-refractivity contribution in [3.63, 3.8) is 0 Å². The van der Waals surface area contributed by atoms with Gasteiger partial charge in [-0.1, -0.05) is 91.0 Å². The van der Waals surface area contributed by atoms with Gasteiger partial charge in [0.15, 0.2) is 0 Å². The van der Waals surface area contributed by atoms with E-state index < -0.39 is 11.2 Å². The number of ether oxygens (including phenoxy) is 9. The second-order valence-corrected chi connectivity index (χ2v) is 11.9. The highest BCUT2D eigenvalue weighted by atomic mass is 16.6. The summed E-state index contributed by atoms with van der Waals surface area (Å²) >= 11 is 0. The third-order valence-electron chi connectivity index (χ3n) is 6.96. The minimum Gasteiger partial charge on any atom is -0.458 e. The number of esters is 1. The van der Waals surface area contributed by atoms with Crippen molar-refractivity contribution in [2.24, 2.45) is 0 Å². The lowest BCUT2D eigenvalue weighted by Gasteiger charge is -2.36. The van der Waals surface area contributed by atoms with E-state index in [9.17, 15) is 4.79 Å². The predicted molar refractivity (Wildman–Crippen MR) is 187 cm³/mol. The molecule has 0 spiro atoms. The van der Waals surface area contributed by atoms with Crippen LogP contribution in [0.5, 0.6) is 0 Å². The van der Waals surface area contributed by atoms with E-state index in [1.54, 1.807) is 0 Å². The Hall–Kier alpha value is -3.19. The average molecular weight is 683 g/mol. The zero-order valence-electron chi connectivity index (χ0n) is 29.3. The van der Waals surface area contributed by atoms with Crippen molar-refractivity contribution in [3.05, 3.63) is 108 Å². The van der Waals surface area contributed by atoms with Crippen molar-refractivity contribution in [1.82, 2.24) is 0 Å². The van der Waals surface area contributed by atoms with Gasteiger partial charge in [-0.05, 0) is 37.5 Å². The Morgan fingerprint density at radius 2 is 0.714 bits per heavy atom. The summed E-state index contributed by atoms with van der Waals surface area (Å²) in [5, 5.41) is 0. The summed E-state index contributed by atoms with van der Waals surface area (Å²) in [7, 11) is 0. The number of rotatable bonds is 27. The van der Waals surface area contributed by atoms with E-state index in [1.165, 1.54) is 0 Å². The normalized spacial score (nSPS) is 11.9. The summed E-state index contributed by atoms with van der Waals surface area (Å²) in [6, 6.07) is 30.9. The van der Waals surface area contributed by atoms with Crippen molar-refractivity contribution in [2.45, 2.75) is 32.0 Å². The van der Waals surface area contributed by atoms with E-state index in [1.807, 2.05) is 75.4 Å². The van der Waals surface area contributed by atoms with Crippen LogP contribution in [0, 0.1) is 0 Å². The highest BCUT2D eigenvalue weighted by molar-refractivity contribution is 5.71. The molecule has 10 heteroatoms. The number of carbonyl (C=O) groups is 1. The standard InChI is InChI=1S/C39H54O10/c1-38(2,3)49-37(40)33-47-30-29-45-26-25-43-22-21-41-19-20-42-23-24-44-27-28-46-31-32-48-39(34-13-7-4-8-14-34,35-15-9-5-10-16-35)36-17-11-6-12-18-36/h4-18H,19-33H2,1-3H3. The first-order chi connectivity index (χ1) is 23.9. The summed E-state index contributed by atoms with van der Waals surface area (Å²) in [4.78, 5) is 11.5. The first-order valence-corrected chi connectivity index (χ1v) is 17.0. The molecule has 0 saturated heterocycles. The first-order valence-electron chi connectivity index (χ1n) is 17.0. The van der Waals surface area contributed by atoms with Gasteiger partial charge >= 0.3 is 5.97 Å². The van der Waals surface area contributed by atoms with Crippen LogP contribution < -0.4 is 0 Å². The summed E-state index contributed by atoms with van der Waals surface area (Å²) in [6.07, 6.45) is 0. The van der Waals surface area contributed by atoms with Gasteiger partial charge in [0.2, 0.25) is 0 Å². The molecule has 0 amide bonds. The van der Waals surface area contributed by atoms with Crippen LogP contribution in [-0.4, -0.2) is 111 Å². The number of benzene rings is 3. The maximum Gasteiger partial charge on any atom is 0.332 e. The maximum absolute atomic E-state index is 11.5. The van der Waals surface area contributed by atoms with E-state index in [2.05, 4.69) is 36.4 Å². The minimum absolute atomic E-state index is 0.0839. The van der Waals surface area contributed by atoms with Crippen LogP contribution in [0.1, 0.15) is 37.5 Å². The first kappa shape index (κ1) is 40.2. The fraction of sp³-hybridized carbons (Fsp3) is 0.513. The van der Waals surface area contributed by atoms with E-state index in [0.717, 1.165) is 16.7 Å². The molecule has 0 aliphatic rings. The summed E-state index contributed by atoms with van der Waals surface area (Å²) in [5.41, 5.74) is 1.92. The van der Waals surface area contributed by atoms with Gasteiger partial charge in [0.25, 0.3) is 0 Å². The Bertz CT molecular complexity index is 1140. The lowest BCUT2D eigenvalue weighted by molar-refractivity contribution is -0.160. The molecular formula is C39H54O10. The second-order valence-electron chi connectivity index (χ2n) is 11.9. The van der Waals surface area contributed by atoms with Crippen LogP contribution in [0.25, 0.3) is 0 Å². The van der Waals surface area contributed by atoms with Crippen LogP contribution in [0.4, 0.5) is 0 Å². The van der Waals surface area contributed by atoms with Crippen molar-refractivity contribution in [2.75, 3.05) is 99.1 Å². The van der Waals surface area contributed by atoms with Crippen molar-refractivity contribution >= 4 is 5.97 Å². The van der Waals surface area contributed by atoms with E-state index in [4.69, 9.17) is 42.6 Å². The topological polar surface area (TPSA) is 100 Å². The third-order valence-corrected chi connectivity index (χ3v) is 6.96. The largest absolute Gasteiger partial charge is 0.458 e. The van der Waals surface area contributed by atoms with Gasteiger partial charge in [0.1, 0.15) is 17.8 Å². The SMILES string of the molecule is CC(C)(C)OC(=O)COCCOCCOCCOCCOCCOCCOCCOC(c1ccccc1)(c1ccccc1)c1ccccc1. The van der Waals surface area contributed by atoms with Crippen LogP contribution in [0.2, 0.25) is 0 Å². The molecule has 0 radical (unpaired) electrons. The highest BCUT2D eigenvalue weighted by Crippen LogP contribution is 2.40. The average Bonchev–Trinajstić information content (AvgIpc) is 3.10. The highest BCUT2D eigenvalue weighted by Gasteiger charge is 2.37. The van der Waals surface area contributed by atoms with Gasteiger partial charge in [-0.15, -0.1) is 0 Å². The van der Waals surface area contributed by atoms with Crippen molar-refractivity contribution in [3.8, 4) is 0 Å². The molecule has 0 atom stereocenters. The van der Waals surface area contributed by atoms with Gasteiger partial charge in [-0.25, -0.2) is 4.79 Å². The Labute approximate surface area is 291 Å². The molecule has 0 bridgehead atoms. The Morgan fingerprint density at radius 1 is 0.429 bits per heavy atom. The molecule has 49 heavy (non-hydrogen) atoms. The van der Waals surface area contributed by atoms with E-state index in [-0.39, 0.29) is 12.6 Å². The van der Waals surface area contributed by atoms with Crippen LogP contribution in [0.3, 0.4) is 0 Å². The van der Waals surface area contributed by atoms with Crippen LogP contribution in [0.15, 0.2) is 91.0 Å². The molecule has 3 rings (SSSR count). The molecule has 3 aromatic rings. The quantitative estimate of drug-likeness (QED) is 0.0586. The predicted octanol–water partition coefficient (Wildman–Crippen LogP) is 5.45. The van der Waals surface area contributed by atoms with Gasteiger partial charge in [0, 0.05) is 0 Å². The molecule has 3 aromatic carbocycles. The van der Waals surface area contributed by atoms with Gasteiger partial charge in [0.05, 0.1) is 92.5 Å². The fourth-order valence-corrected chi connectivity index (χ4v) is 4.87. The maximum atomic E-state index is 11.5. The Kier molecular flexibility index (Phi) is 19.7. The monoisotopic (exact) mass is 682 g/mol. The van der Waals surface area contributed by atoms with Gasteiger partial charge in [-0.3, -0.25) is 0 Å². The smallest absolute Gasteiger partial charge is 0.332 e. The lowest BCUT2D eigenvalue weighted by Crippen LogP contribution is -2.34. The summed E-state index contributed by atoms with van der Waals surface area (Å²) in [6.45, 7) is 11.6. The molecular weight excluding hydrogens is 628 g/mol. The molecule has 0 fully saturated rings. The number of hydrogen-bond acceptors (Lipinski definition) is 10. The molecule has 270 valence electrons. The molecule has 0 aliphatic carbocycles. The van der Waals surface area contributed by atoms with Crippen LogP contribution >= 0.6 is 0 Å². The van der Waals surface area contributed by atoms with Crippen molar-refractivity contribution < 1.29 is 47.4 Å². The second kappa shape index (κ2) is 24.0.